The van der Waals surface area contributed by atoms with Gasteiger partial charge in [-0.05, 0) is 40.2 Å². The Bertz CT molecular complexity index is 223. The van der Waals surface area contributed by atoms with Crippen molar-refractivity contribution in [1.29, 1.82) is 0 Å². The smallest absolute Gasteiger partial charge is 0.227 e. The number of amides is 1. The average Bonchev–Trinajstić information content (AvgIpc) is 2.25. The van der Waals surface area contributed by atoms with E-state index in [0.29, 0.717) is 13.2 Å². The third kappa shape index (κ3) is 4.10. The molecule has 0 spiro atoms. The third-order valence-corrected chi connectivity index (χ3v) is 2.98. The van der Waals surface area contributed by atoms with Crippen molar-refractivity contribution in [2.75, 3.05) is 26.2 Å². The molecular formula is C12H24N2O2. The molecule has 4 nitrogen and oxygen atoms in total. The maximum atomic E-state index is 12.0. The largest absolute Gasteiger partial charge is 0.377 e. The van der Waals surface area contributed by atoms with Gasteiger partial charge in [0.05, 0.1) is 18.1 Å². The molecule has 0 aromatic heterocycles. The van der Waals surface area contributed by atoms with Crippen molar-refractivity contribution >= 4 is 5.91 Å². The Hall–Kier alpha value is -0.610. The first kappa shape index (κ1) is 13.5. The number of nitrogens with one attached hydrogen (secondary N) is 2. The first-order chi connectivity index (χ1) is 7.54. The van der Waals surface area contributed by atoms with E-state index in [1.165, 1.54) is 0 Å². The first-order valence-electron chi connectivity index (χ1n) is 6.15. The maximum Gasteiger partial charge on any atom is 0.227 e. The molecule has 1 heterocycles. The minimum absolute atomic E-state index is 0.145. The minimum Gasteiger partial charge on any atom is -0.377 e. The molecule has 94 valence electrons. The van der Waals surface area contributed by atoms with E-state index in [1.807, 2.05) is 20.8 Å². The number of carbonyl (C=O) groups is 1. The van der Waals surface area contributed by atoms with E-state index in [4.69, 9.17) is 4.74 Å². The normalized spacial score (nSPS) is 25.8. The van der Waals surface area contributed by atoms with E-state index in [2.05, 4.69) is 10.6 Å². The van der Waals surface area contributed by atoms with E-state index in [1.54, 1.807) is 0 Å². The van der Waals surface area contributed by atoms with Gasteiger partial charge in [-0.25, -0.2) is 0 Å². The molecule has 0 saturated carbocycles. The van der Waals surface area contributed by atoms with Crippen LogP contribution in [0.2, 0.25) is 0 Å². The van der Waals surface area contributed by atoms with Crippen LogP contribution in [0.5, 0.6) is 0 Å². The highest BCUT2D eigenvalue weighted by molar-refractivity contribution is 5.82. The summed E-state index contributed by atoms with van der Waals surface area (Å²) in [4.78, 5) is 12.0. The first-order valence-corrected chi connectivity index (χ1v) is 6.15. The summed E-state index contributed by atoms with van der Waals surface area (Å²) < 4.78 is 5.38. The summed E-state index contributed by atoms with van der Waals surface area (Å²) in [5.74, 6) is 0.145. The molecule has 1 amide bonds. The van der Waals surface area contributed by atoms with Gasteiger partial charge in [0.25, 0.3) is 0 Å². The number of carbonyl (C=O) groups excluding carboxylic acids is 1. The Morgan fingerprint density at radius 1 is 1.56 bits per heavy atom. The Labute approximate surface area is 98.1 Å². The van der Waals surface area contributed by atoms with Gasteiger partial charge in [0.1, 0.15) is 0 Å². The Kier molecular flexibility index (Phi) is 5.22. The second-order valence-corrected chi connectivity index (χ2v) is 5.02. The fourth-order valence-corrected chi connectivity index (χ4v) is 1.92. The number of piperidine rings is 1. The van der Waals surface area contributed by atoms with Crippen molar-refractivity contribution in [3.8, 4) is 0 Å². The van der Waals surface area contributed by atoms with Crippen LogP contribution >= 0.6 is 0 Å². The molecule has 1 rings (SSSR count). The van der Waals surface area contributed by atoms with E-state index >= 15 is 0 Å². The molecule has 4 heteroatoms. The van der Waals surface area contributed by atoms with Crippen molar-refractivity contribution in [3.05, 3.63) is 0 Å². The lowest BCUT2D eigenvalue weighted by atomic mass is 9.82. The quantitative estimate of drug-likeness (QED) is 0.688. The topological polar surface area (TPSA) is 50.4 Å². The number of hydrogen-bond donors (Lipinski definition) is 2. The van der Waals surface area contributed by atoms with Gasteiger partial charge in [-0.3, -0.25) is 4.79 Å². The summed E-state index contributed by atoms with van der Waals surface area (Å²) in [5.41, 5.74) is -0.240. The van der Waals surface area contributed by atoms with E-state index in [9.17, 15) is 4.79 Å². The Morgan fingerprint density at radius 2 is 2.31 bits per heavy atom. The lowest BCUT2D eigenvalue weighted by Gasteiger charge is -2.32. The average molecular weight is 228 g/mol. The molecule has 0 aromatic carbocycles. The van der Waals surface area contributed by atoms with Gasteiger partial charge in [0.15, 0.2) is 0 Å². The molecule has 0 aliphatic carbocycles. The van der Waals surface area contributed by atoms with Gasteiger partial charge in [-0.15, -0.1) is 0 Å². The van der Waals surface area contributed by atoms with Crippen molar-refractivity contribution in [1.82, 2.24) is 10.6 Å². The highest BCUT2D eigenvalue weighted by Crippen LogP contribution is 2.25. The summed E-state index contributed by atoms with van der Waals surface area (Å²) >= 11 is 0. The van der Waals surface area contributed by atoms with Crippen molar-refractivity contribution in [2.45, 2.75) is 39.7 Å². The molecule has 1 saturated heterocycles. The van der Waals surface area contributed by atoms with Crippen molar-refractivity contribution < 1.29 is 9.53 Å². The summed E-state index contributed by atoms with van der Waals surface area (Å²) in [7, 11) is 0. The van der Waals surface area contributed by atoms with Crippen LogP contribution < -0.4 is 10.6 Å². The van der Waals surface area contributed by atoms with Gasteiger partial charge < -0.3 is 15.4 Å². The number of hydrogen-bond acceptors (Lipinski definition) is 3. The molecule has 0 bridgehead atoms. The lowest BCUT2D eigenvalue weighted by molar-refractivity contribution is -0.131. The zero-order valence-electron chi connectivity index (χ0n) is 10.6. The lowest BCUT2D eigenvalue weighted by Crippen LogP contribution is -2.49. The van der Waals surface area contributed by atoms with Gasteiger partial charge in [0, 0.05) is 13.1 Å². The van der Waals surface area contributed by atoms with Crippen LogP contribution in [0.25, 0.3) is 0 Å². The van der Waals surface area contributed by atoms with Gasteiger partial charge in [0.2, 0.25) is 5.91 Å². The predicted molar refractivity (Wildman–Crippen MR) is 64.3 cm³/mol. The fourth-order valence-electron chi connectivity index (χ4n) is 1.92. The molecule has 1 fully saturated rings. The number of ether oxygens (including phenoxy) is 1. The third-order valence-electron chi connectivity index (χ3n) is 2.98. The van der Waals surface area contributed by atoms with Gasteiger partial charge >= 0.3 is 0 Å². The molecule has 0 radical (unpaired) electrons. The van der Waals surface area contributed by atoms with E-state index in [0.717, 1.165) is 25.9 Å². The van der Waals surface area contributed by atoms with Crippen LogP contribution in [-0.2, 0) is 9.53 Å². The summed E-state index contributed by atoms with van der Waals surface area (Å²) in [5, 5.41) is 6.22. The zero-order chi connectivity index (χ0) is 12.0. The molecule has 1 aliphatic heterocycles. The summed E-state index contributed by atoms with van der Waals surface area (Å²) in [6.45, 7) is 9.02. The molecule has 1 atom stereocenters. The SMILES string of the molecule is CC(C)OCCNC(=O)C1(C)CCCNC1. The Balaban J connectivity index is 2.23. The standard InChI is InChI=1S/C12H24N2O2/c1-10(2)16-8-7-14-11(15)12(3)5-4-6-13-9-12/h10,13H,4-9H2,1-3H3,(H,14,15). The second kappa shape index (κ2) is 6.21. The van der Waals surface area contributed by atoms with Crippen LogP contribution in [0.3, 0.4) is 0 Å². The number of rotatable bonds is 5. The fraction of sp³-hybridized carbons (Fsp3) is 0.917. The highest BCUT2D eigenvalue weighted by Gasteiger charge is 2.34. The molecule has 0 aromatic rings. The molecule has 1 unspecified atom stereocenters. The summed E-state index contributed by atoms with van der Waals surface area (Å²) in [6.07, 6.45) is 2.27. The van der Waals surface area contributed by atoms with Gasteiger partial charge in [-0.2, -0.15) is 0 Å². The van der Waals surface area contributed by atoms with Gasteiger partial charge in [-0.1, -0.05) is 0 Å². The van der Waals surface area contributed by atoms with Crippen molar-refractivity contribution in [2.24, 2.45) is 5.41 Å². The zero-order valence-corrected chi connectivity index (χ0v) is 10.6. The summed E-state index contributed by atoms with van der Waals surface area (Å²) in [6, 6.07) is 0. The van der Waals surface area contributed by atoms with Crippen LogP contribution in [0.1, 0.15) is 33.6 Å². The Morgan fingerprint density at radius 3 is 2.88 bits per heavy atom. The van der Waals surface area contributed by atoms with Crippen LogP contribution in [0, 0.1) is 5.41 Å². The van der Waals surface area contributed by atoms with E-state index < -0.39 is 0 Å². The minimum atomic E-state index is -0.240. The molecule has 2 N–H and O–H groups in total. The molecule has 1 aliphatic rings. The van der Waals surface area contributed by atoms with Crippen LogP contribution in [0.15, 0.2) is 0 Å². The molecular weight excluding hydrogens is 204 g/mol. The second-order valence-electron chi connectivity index (χ2n) is 5.02. The molecule has 16 heavy (non-hydrogen) atoms. The monoisotopic (exact) mass is 228 g/mol. The highest BCUT2D eigenvalue weighted by atomic mass is 16.5. The predicted octanol–water partition coefficient (Wildman–Crippen LogP) is 0.917. The maximum absolute atomic E-state index is 12.0. The van der Waals surface area contributed by atoms with E-state index in [-0.39, 0.29) is 17.4 Å². The van der Waals surface area contributed by atoms with Crippen LogP contribution in [-0.4, -0.2) is 38.3 Å². The van der Waals surface area contributed by atoms with Crippen molar-refractivity contribution in [3.63, 3.8) is 0 Å². The van der Waals surface area contributed by atoms with Crippen LogP contribution in [0.4, 0.5) is 0 Å².